The Labute approximate surface area is 112 Å². The molecule has 1 aliphatic carbocycles. The third-order valence-corrected chi connectivity index (χ3v) is 4.06. The van der Waals surface area contributed by atoms with Crippen LogP contribution in [0, 0.1) is 5.92 Å². The summed E-state index contributed by atoms with van der Waals surface area (Å²) in [4.78, 5) is 0. The van der Waals surface area contributed by atoms with Crippen LogP contribution in [0.3, 0.4) is 0 Å². The van der Waals surface area contributed by atoms with Crippen molar-refractivity contribution in [2.24, 2.45) is 5.92 Å². The summed E-state index contributed by atoms with van der Waals surface area (Å²) in [6.07, 6.45) is 6.52. The SMILES string of the molecule is CCCc1ccc(C(C)NC2CC2CCC)cc1. The Morgan fingerprint density at radius 3 is 2.50 bits per heavy atom. The number of benzene rings is 1. The van der Waals surface area contributed by atoms with Gasteiger partial charge in [0.25, 0.3) is 0 Å². The Morgan fingerprint density at radius 2 is 1.89 bits per heavy atom. The summed E-state index contributed by atoms with van der Waals surface area (Å²) < 4.78 is 0. The van der Waals surface area contributed by atoms with Crippen molar-refractivity contribution in [1.82, 2.24) is 5.32 Å². The zero-order valence-corrected chi connectivity index (χ0v) is 12.1. The molecule has 1 saturated carbocycles. The Hall–Kier alpha value is -0.820. The molecule has 1 heteroatoms. The van der Waals surface area contributed by atoms with Gasteiger partial charge in [-0.15, -0.1) is 0 Å². The lowest BCUT2D eigenvalue weighted by Gasteiger charge is -2.15. The first-order valence-corrected chi connectivity index (χ1v) is 7.59. The molecule has 1 aromatic carbocycles. The molecule has 1 aromatic rings. The summed E-state index contributed by atoms with van der Waals surface area (Å²) in [5.41, 5.74) is 2.89. The Balaban J connectivity index is 1.83. The summed E-state index contributed by atoms with van der Waals surface area (Å²) in [5, 5.41) is 3.76. The molecule has 0 radical (unpaired) electrons. The van der Waals surface area contributed by atoms with Crippen LogP contribution in [-0.4, -0.2) is 6.04 Å². The maximum Gasteiger partial charge on any atom is 0.0294 e. The Kier molecular flexibility index (Phi) is 4.82. The molecule has 18 heavy (non-hydrogen) atoms. The monoisotopic (exact) mass is 245 g/mol. The van der Waals surface area contributed by atoms with E-state index in [4.69, 9.17) is 0 Å². The van der Waals surface area contributed by atoms with E-state index >= 15 is 0 Å². The summed E-state index contributed by atoms with van der Waals surface area (Å²) in [6.45, 7) is 6.81. The second kappa shape index (κ2) is 6.38. The normalized spacial score (nSPS) is 23.9. The highest BCUT2D eigenvalue weighted by Gasteiger charge is 2.36. The molecular formula is C17H27N. The zero-order chi connectivity index (χ0) is 13.0. The van der Waals surface area contributed by atoms with Crippen LogP contribution in [0.25, 0.3) is 0 Å². The molecule has 2 rings (SSSR count). The highest BCUT2D eigenvalue weighted by atomic mass is 15.0. The fraction of sp³-hybridized carbons (Fsp3) is 0.647. The van der Waals surface area contributed by atoms with E-state index in [-0.39, 0.29) is 0 Å². The van der Waals surface area contributed by atoms with Gasteiger partial charge in [0.15, 0.2) is 0 Å². The van der Waals surface area contributed by atoms with Gasteiger partial charge in [0.1, 0.15) is 0 Å². The first-order chi connectivity index (χ1) is 8.74. The van der Waals surface area contributed by atoms with E-state index in [1.54, 1.807) is 0 Å². The maximum absolute atomic E-state index is 3.76. The van der Waals surface area contributed by atoms with Gasteiger partial charge in [-0.25, -0.2) is 0 Å². The quantitative estimate of drug-likeness (QED) is 0.747. The predicted molar refractivity (Wildman–Crippen MR) is 78.8 cm³/mol. The van der Waals surface area contributed by atoms with Gasteiger partial charge in [0, 0.05) is 12.1 Å². The van der Waals surface area contributed by atoms with E-state index < -0.39 is 0 Å². The van der Waals surface area contributed by atoms with Crippen LogP contribution >= 0.6 is 0 Å². The molecule has 3 unspecified atom stereocenters. The lowest BCUT2D eigenvalue weighted by atomic mass is 10.0. The predicted octanol–water partition coefficient (Wildman–Crippen LogP) is 4.48. The highest BCUT2D eigenvalue weighted by molar-refractivity contribution is 5.25. The zero-order valence-electron chi connectivity index (χ0n) is 12.1. The van der Waals surface area contributed by atoms with Gasteiger partial charge in [-0.05, 0) is 43.2 Å². The van der Waals surface area contributed by atoms with E-state index in [1.807, 2.05) is 0 Å². The molecule has 1 aliphatic rings. The van der Waals surface area contributed by atoms with Crippen molar-refractivity contribution in [3.63, 3.8) is 0 Å². The molecule has 0 aromatic heterocycles. The molecule has 100 valence electrons. The van der Waals surface area contributed by atoms with Crippen molar-refractivity contribution in [2.75, 3.05) is 0 Å². The van der Waals surface area contributed by atoms with E-state index in [0.717, 1.165) is 12.0 Å². The minimum Gasteiger partial charge on any atom is -0.307 e. The number of hydrogen-bond donors (Lipinski definition) is 1. The molecule has 3 atom stereocenters. The molecule has 1 fully saturated rings. The number of nitrogens with one attached hydrogen (secondary N) is 1. The smallest absolute Gasteiger partial charge is 0.0294 e. The molecule has 0 heterocycles. The van der Waals surface area contributed by atoms with Gasteiger partial charge in [0.2, 0.25) is 0 Å². The fourth-order valence-corrected chi connectivity index (χ4v) is 2.82. The summed E-state index contributed by atoms with van der Waals surface area (Å²) in [6, 6.07) is 10.4. The van der Waals surface area contributed by atoms with Crippen molar-refractivity contribution < 1.29 is 0 Å². The van der Waals surface area contributed by atoms with Crippen LogP contribution in [-0.2, 0) is 6.42 Å². The average Bonchev–Trinajstić information content (AvgIpc) is 3.09. The molecule has 0 amide bonds. The van der Waals surface area contributed by atoms with Crippen molar-refractivity contribution in [3.8, 4) is 0 Å². The van der Waals surface area contributed by atoms with Gasteiger partial charge in [-0.3, -0.25) is 0 Å². The van der Waals surface area contributed by atoms with Crippen LogP contribution < -0.4 is 5.32 Å². The average molecular weight is 245 g/mol. The lowest BCUT2D eigenvalue weighted by molar-refractivity contribution is 0.530. The number of hydrogen-bond acceptors (Lipinski definition) is 1. The van der Waals surface area contributed by atoms with E-state index in [0.29, 0.717) is 6.04 Å². The van der Waals surface area contributed by atoms with Gasteiger partial charge < -0.3 is 5.32 Å². The first-order valence-electron chi connectivity index (χ1n) is 7.59. The summed E-state index contributed by atoms with van der Waals surface area (Å²) >= 11 is 0. The Morgan fingerprint density at radius 1 is 1.17 bits per heavy atom. The van der Waals surface area contributed by atoms with Gasteiger partial charge in [-0.1, -0.05) is 51.0 Å². The third-order valence-electron chi connectivity index (χ3n) is 4.06. The van der Waals surface area contributed by atoms with Crippen LogP contribution in [0.4, 0.5) is 0 Å². The number of rotatable bonds is 7. The van der Waals surface area contributed by atoms with E-state index in [2.05, 4.69) is 50.4 Å². The summed E-state index contributed by atoms with van der Waals surface area (Å²) in [5.74, 6) is 0.941. The fourth-order valence-electron chi connectivity index (χ4n) is 2.82. The van der Waals surface area contributed by atoms with Crippen LogP contribution in [0.5, 0.6) is 0 Å². The van der Waals surface area contributed by atoms with Gasteiger partial charge in [0.05, 0.1) is 0 Å². The van der Waals surface area contributed by atoms with Crippen molar-refractivity contribution in [2.45, 2.75) is 65.0 Å². The van der Waals surface area contributed by atoms with E-state index in [9.17, 15) is 0 Å². The topological polar surface area (TPSA) is 12.0 Å². The van der Waals surface area contributed by atoms with Crippen LogP contribution in [0.1, 0.15) is 63.6 Å². The van der Waals surface area contributed by atoms with Crippen LogP contribution in [0.15, 0.2) is 24.3 Å². The molecule has 0 spiro atoms. The standard InChI is InChI=1S/C17H27N/c1-4-6-14-8-10-15(11-9-14)13(3)18-17-12-16(17)7-5-2/h8-11,13,16-18H,4-7,12H2,1-3H3. The minimum absolute atomic E-state index is 0.493. The van der Waals surface area contributed by atoms with Gasteiger partial charge >= 0.3 is 0 Å². The maximum atomic E-state index is 3.76. The molecule has 0 bridgehead atoms. The highest BCUT2D eigenvalue weighted by Crippen LogP contribution is 2.36. The van der Waals surface area contributed by atoms with E-state index in [1.165, 1.54) is 43.2 Å². The molecule has 1 nitrogen and oxygen atoms in total. The first kappa shape index (κ1) is 13.6. The lowest BCUT2D eigenvalue weighted by Crippen LogP contribution is -2.22. The second-order valence-electron chi connectivity index (χ2n) is 5.77. The van der Waals surface area contributed by atoms with Crippen molar-refractivity contribution in [1.29, 1.82) is 0 Å². The molecule has 0 saturated heterocycles. The summed E-state index contributed by atoms with van der Waals surface area (Å²) in [7, 11) is 0. The van der Waals surface area contributed by atoms with Crippen molar-refractivity contribution >= 4 is 0 Å². The van der Waals surface area contributed by atoms with Gasteiger partial charge in [-0.2, -0.15) is 0 Å². The molecule has 1 N–H and O–H groups in total. The molecular weight excluding hydrogens is 218 g/mol. The largest absolute Gasteiger partial charge is 0.307 e. The minimum atomic E-state index is 0.493. The third kappa shape index (κ3) is 3.58. The van der Waals surface area contributed by atoms with Crippen LogP contribution in [0.2, 0.25) is 0 Å². The Bertz CT molecular complexity index is 354. The number of aryl methyl sites for hydroxylation is 1. The molecule has 0 aliphatic heterocycles. The second-order valence-corrected chi connectivity index (χ2v) is 5.77. The van der Waals surface area contributed by atoms with Crippen molar-refractivity contribution in [3.05, 3.63) is 35.4 Å².